The number of H-pyrrole nitrogens is 1. The number of amides is 1. The van der Waals surface area contributed by atoms with Crippen molar-refractivity contribution < 1.29 is 9.21 Å². The van der Waals surface area contributed by atoms with E-state index in [-0.39, 0.29) is 5.91 Å². The third-order valence-corrected chi connectivity index (χ3v) is 3.09. The molecule has 5 heteroatoms. The van der Waals surface area contributed by atoms with Crippen LogP contribution in [0.15, 0.2) is 51.7 Å². The topological polar surface area (TPSA) is 75.1 Å². The first-order valence-electron chi connectivity index (χ1n) is 6.14. The molecule has 3 rings (SSSR count). The minimum Gasteiger partial charge on any atom is -0.408 e. The number of benzene rings is 2. The smallest absolute Gasteiger partial charge is 0.408 e. The first-order valence-corrected chi connectivity index (χ1v) is 6.14. The molecule has 0 fully saturated rings. The SMILES string of the molecule is Cc1ccccc1C(=O)Nc1cccc2oc(=O)[nH]c12. The molecule has 2 N–H and O–H groups in total. The fourth-order valence-electron chi connectivity index (χ4n) is 2.09. The lowest BCUT2D eigenvalue weighted by Gasteiger charge is -2.07. The largest absolute Gasteiger partial charge is 0.417 e. The van der Waals surface area contributed by atoms with Gasteiger partial charge in [-0.2, -0.15) is 0 Å². The lowest BCUT2D eigenvalue weighted by molar-refractivity contribution is 0.102. The molecule has 1 aromatic heterocycles. The third-order valence-electron chi connectivity index (χ3n) is 3.09. The van der Waals surface area contributed by atoms with Crippen LogP contribution in [0, 0.1) is 6.92 Å². The predicted molar refractivity (Wildman–Crippen MR) is 76.0 cm³/mol. The Morgan fingerprint density at radius 1 is 1.15 bits per heavy atom. The van der Waals surface area contributed by atoms with Gasteiger partial charge in [-0.1, -0.05) is 24.3 Å². The van der Waals surface area contributed by atoms with E-state index in [1.165, 1.54) is 0 Å². The van der Waals surface area contributed by atoms with Crippen molar-refractivity contribution in [3.8, 4) is 0 Å². The van der Waals surface area contributed by atoms with Gasteiger partial charge < -0.3 is 9.73 Å². The summed E-state index contributed by atoms with van der Waals surface area (Å²) < 4.78 is 4.96. The Kier molecular flexibility index (Phi) is 2.87. The summed E-state index contributed by atoms with van der Waals surface area (Å²) in [5, 5.41) is 2.79. The van der Waals surface area contributed by atoms with Gasteiger partial charge in [-0.05, 0) is 30.7 Å². The number of hydrogen-bond acceptors (Lipinski definition) is 3. The highest BCUT2D eigenvalue weighted by molar-refractivity contribution is 6.08. The van der Waals surface area contributed by atoms with Crippen LogP contribution >= 0.6 is 0 Å². The van der Waals surface area contributed by atoms with Crippen molar-refractivity contribution in [2.75, 3.05) is 5.32 Å². The zero-order valence-corrected chi connectivity index (χ0v) is 10.8. The van der Waals surface area contributed by atoms with E-state index in [1.807, 2.05) is 25.1 Å². The van der Waals surface area contributed by atoms with Gasteiger partial charge in [0.25, 0.3) is 5.91 Å². The van der Waals surface area contributed by atoms with E-state index >= 15 is 0 Å². The summed E-state index contributed by atoms with van der Waals surface area (Å²) >= 11 is 0. The molecule has 2 aromatic carbocycles. The van der Waals surface area contributed by atoms with Crippen LogP contribution in [-0.2, 0) is 0 Å². The van der Waals surface area contributed by atoms with Gasteiger partial charge in [0, 0.05) is 5.56 Å². The van der Waals surface area contributed by atoms with Crippen LogP contribution < -0.4 is 11.1 Å². The second-order valence-corrected chi connectivity index (χ2v) is 4.46. The number of aromatic nitrogens is 1. The molecule has 0 aliphatic carbocycles. The van der Waals surface area contributed by atoms with Crippen molar-refractivity contribution in [2.45, 2.75) is 6.92 Å². The van der Waals surface area contributed by atoms with Crippen molar-refractivity contribution in [3.63, 3.8) is 0 Å². The van der Waals surface area contributed by atoms with Gasteiger partial charge in [-0.3, -0.25) is 9.78 Å². The quantitative estimate of drug-likeness (QED) is 0.750. The van der Waals surface area contributed by atoms with Crippen molar-refractivity contribution in [3.05, 3.63) is 64.1 Å². The van der Waals surface area contributed by atoms with Gasteiger partial charge in [0.15, 0.2) is 5.58 Å². The number of carbonyl (C=O) groups excluding carboxylic acids is 1. The Morgan fingerprint density at radius 3 is 2.75 bits per heavy atom. The van der Waals surface area contributed by atoms with Crippen LogP contribution in [-0.4, -0.2) is 10.9 Å². The minimum absolute atomic E-state index is 0.224. The summed E-state index contributed by atoms with van der Waals surface area (Å²) in [6, 6.07) is 12.4. The maximum absolute atomic E-state index is 12.3. The van der Waals surface area contributed by atoms with Gasteiger partial charge >= 0.3 is 5.76 Å². The Hall–Kier alpha value is -2.82. The number of para-hydroxylation sites is 1. The molecular weight excluding hydrogens is 256 g/mol. The molecule has 1 amide bonds. The van der Waals surface area contributed by atoms with Gasteiger partial charge in [-0.25, -0.2) is 4.79 Å². The summed E-state index contributed by atoms with van der Waals surface area (Å²) in [5.74, 6) is -0.768. The van der Waals surface area contributed by atoms with Crippen LogP contribution in [0.1, 0.15) is 15.9 Å². The number of hydrogen-bond donors (Lipinski definition) is 2. The molecule has 0 spiro atoms. The van der Waals surface area contributed by atoms with E-state index < -0.39 is 5.76 Å². The Morgan fingerprint density at radius 2 is 1.95 bits per heavy atom. The van der Waals surface area contributed by atoms with Gasteiger partial charge in [0.05, 0.1) is 5.69 Å². The van der Waals surface area contributed by atoms with E-state index in [4.69, 9.17) is 4.42 Å². The van der Waals surface area contributed by atoms with Gasteiger partial charge in [0.2, 0.25) is 0 Å². The Balaban J connectivity index is 1.99. The molecule has 20 heavy (non-hydrogen) atoms. The first-order chi connectivity index (χ1) is 9.65. The second-order valence-electron chi connectivity index (χ2n) is 4.46. The number of anilines is 1. The normalized spacial score (nSPS) is 10.7. The van der Waals surface area contributed by atoms with Crippen LogP contribution in [0.3, 0.4) is 0 Å². The van der Waals surface area contributed by atoms with Gasteiger partial charge in [-0.15, -0.1) is 0 Å². The van der Waals surface area contributed by atoms with E-state index in [0.717, 1.165) is 5.56 Å². The van der Waals surface area contributed by atoms with E-state index in [9.17, 15) is 9.59 Å². The predicted octanol–water partition coefficient (Wildman–Crippen LogP) is 2.68. The van der Waals surface area contributed by atoms with Crippen molar-refractivity contribution in [2.24, 2.45) is 0 Å². The van der Waals surface area contributed by atoms with Crippen LogP contribution in [0.5, 0.6) is 0 Å². The highest BCUT2D eigenvalue weighted by Gasteiger charge is 2.12. The molecule has 0 radical (unpaired) electrons. The molecule has 0 aliphatic rings. The minimum atomic E-state index is -0.544. The van der Waals surface area contributed by atoms with E-state index in [0.29, 0.717) is 22.4 Å². The summed E-state index contributed by atoms with van der Waals surface area (Å²) in [7, 11) is 0. The second kappa shape index (κ2) is 4.70. The molecule has 3 aromatic rings. The standard InChI is InChI=1S/C15H12N2O3/c1-9-5-2-3-6-10(9)14(18)16-11-7-4-8-12-13(11)17-15(19)20-12/h2-8H,1H3,(H,16,18)(H,17,19). The zero-order chi connectivity index (χ0) is 14.1. The Bertz CT molecular complexity index is 845. The zero-order valence-electron chi connectivity index (χ0n) is 10.8. The first kappa shape index (κ1) is 12.2. The molecular formula is C15H12N2O3. The monoisotopic (exact) mass is 268 g/mol. The molecule has 0 saturated carbocycles. The summed E-state index contributed by atoms with van der Waals surface area (Å²) in [6.45, 7) is 1.87. The summed E-state index contributed by atoms with van der Waals surface area (Å²) in [4.78, 5) is 26.0. The summed E-state index contributed by atoms with van der Waals surface area (Å²) in [6.07, 6.45) is 0. The fraction of sp³-hybridized carbons (Fsp3) is 0.0667. The molecule has 0 aliphatic heterocycles. The lowest BCUT2D eigenvalue weighted by atomic mass is 10.1. The number of nitrogens with one attached hydrogen (secondary N) is 2. The average molecular weight is 268 g/mol. The third kappa shape index (κ3) is 2.09. The van der Waals surface area contributed by atoms with Crippen molar-refractivity contribution in [1.82, 2.24) is 4.98 Å². The average Bonchev–Trinajstić information content (AvgIpc) is 2.80. The molecule has 0 saturated heterocycles. The number of aromatic amines is 1. The lowest BCUT2D eigenvalue weighted by Crippen LogP contribution is -2.13. The van der Waals surface area contributed by atoms with Gasteiger partial charge in [0.1, 0.15) is 5.52 Å². The Labute approximate surface area is 114 Å². The molecule has 5 nitrogen and oxygen atoms in total. The van der Waals surface area contributed by atoms with E-state index in [2.05, 4.69) is 10.3 Å². The number of oxazole rings is 1. The maximum Gasteiger partial charge on any atom is 0.417 e. The van der Waals surface area contributed by atoms with Crippen molar-refractivity contribution in [1.29, 1.82) is 0 Å². The number of carbonyl (C=O) groups is 1. The molecule has 0 bridgehead atoms. The number of rotatable bonds is 2. The van der Waals surface area contributed by atoms with Crippen LogP contribution in [0.2, 0.25) is 0 Å². The highest BCUT2D eigenvalue weighted by Crippen LogP contribution is 2.21. The molecule has 0 atom stereocenters. The maximum atomic E-state index is 12.3. The molecule has 1 heterocycles. The molecule has 100 valence electrons. The van der Waals surface area contributed by atoms with Crippen LogP contribution in [0.4, 0.5) is 5.69 Å². The van der Waals surface area contributed by atoms with E-state index in [1.54, 1.807) is 24.3 Å². The fourth-order valence-corrected chi connectivity index (χ4v) is 2.09. The molecule has 0 unspecified atom stereocenters. The summed E-state index contributed by atoms with van der Waals surface area (Å²) in [5.41, 5.74) is 2.90. The van der Waals surface area contributed by atoms with Crippen LogP contribution in [0.25, 0.3) is 11.1 Å². The number of fused-ring (bicyclic) bond motifs is 1. The highest BCUT2D eigenvalue weighted by atomic mass is 16.4. The van der Waals surface area contributed by atoms with Crippen molar-refractivity contribution >= 4 is 22.7 Å². The number of aryl methyl sites for hydroxylation is 1.